The summed E-state index contributed by atoms with van der Waals surface area (Å²) in [5.41, 5.74) is 9.51. The zero-order chi connectivity index (χ0) is 22.6. The Morgan fingerprint density at radius 1 is 1.06 bits per heavy atom. The summed E-state index contributed by atoms with van der Waals surface area (Å²) in [6.07, 6.45) is 2.26. The smallest absolute Gasteiger partial charge is 0.249 e. The van der Waals surface area contributed by atoms with Gasteiger partial charge in [-0.05, 0) is 59.7 Å². The average molecular weight is 453 g/mol. The Balaban J connectivity index is 1.50. The summed E-state index contributed by atoms with van der Waals surface area (Å²) < 4.78 is 27.9. The number of pyridine rings is 1. The summed E-state index contributed by atoms with van der Waals surface area (Å²) in [5, 5.41) is 0. The van der Waals surface area contributed by atoms with E-state index in [2.05, 4.69) is 29.2 Å². The lowest BCUT2D eigenvalue weighted by atomic mass is 9.72. The Bertz CT molecular complexity index is 1060. The van der Waals surface area contributed by atoms with Gasteiger partial charge in [0.05, 0.1) is 5.92 Å². The van der Waals surface area contributed by atoms with E-state index in [1.54, 1.807) is 11.8 Å². The van der Waals surface area contributed by atoms with Crippen molar-refractivity contribution in [3.63, 3.8) is 0 Å². The number of hydrogen-bond donors (Lipinski definition) is 1. The standard InChI is InChI=1S/C26H26F2N2OS/c27-26(28)14-12-23(24(17-26)25(29)31)22-7-2-1-6-21(22)18-8-10-20(11-9-18)32-16-13-19-5-3-4-15-30-19/h1-11,15,23-24H,12-14,16-17H2,(H2,29,31). The number of carbonyl (C=O) groups excluding carboxylic acids is 1. The van der Waals surface area contributed by atoms with E-state index in [4.69, 9.17) is 5.73 Å². The predicted octanol–water partition coefficient (Wildman–Crippen LogP) is 6.09. The zero-order valence-electron chi connectivity index (χ0n) is 17.7. The maximum Gasteiger partial charge on any atom is 0.249 e. The van der Waals surface area contributed by atoms with Gasteiger partial charge in [0.15, 0.2) is 0 Å². The van der Waals surface area contributed by atoms with E-state index in [0.717, 1.165) is 39.5 Å². The third-order valence-electron chi connectivity index (χ3n) is 6.07. The van der Waals surface area contributed by atoms with Gasteiger partial charge in [-0.25, -0.2) is 8.78 Å². The van der Waals surface area contributed by atoms with Gasteiger partial charge in [-0.1, -0.05) is 42.5 Å². The fraction of sp³-hybridized carbons (Fsp3) is 0.308. The highest BCUT2D eigenvalue weighted by molar-refractivity contribution is 7.99. The fourth-order valence-corrected chi connectivity index (χ4v) is 5.31. The molecule has 2 unspecified atom stereocenters. The van der Waals surface area contributed by atoms with E-state index in [9.17, 15) is 13.6 Å². The van der Waals surface area contributed by atoms with Crippen LogP contribution >= 0.6 is 11.8 Å². The molecule has 1 heterocycles. The summed E-state index contributed by atoms with van der Waals surface area (Å²) in [6, 6.07) is 22.0. The van der Waals surface area contributed by atoms with Crippen molar-refractivity contribution in [3.8, 4) is 11.1 Å². The summed E-state index contributed by atoms with van der Waals surface area (Å²) >= 11 is 1.77. The highest BCUT2D eigenvalue weighted by Gasteiger charge is 2.44. The zero-order valence-corrected chi connectivity index (χ0v) is 18.5. The van der Waals surface area contributed by atoms with Crippen molar-refractivity contribution >= 4 is 17.7 Å². The normalized spacial score (nSPS) is 20.1. The van der Waals surface area contributed by atoms with Crippen molar-refractivity contribution < 1.29 is 13.6 Å². The first kappa shape index (κ1) is 22.5. The van der Waals surface area contributed by atoms with Crippen LogP contribution in [0.3, 0.4) is 0 Å². The molecular weight excluding hydrogens is 426 g/mol. The van der Waals surface area contributed by atoms with Gasteiger partial charge in [0.1, 0.15) is 0 Å². The van der Waals surface area contributed by atoms with Gasteiger partial charge in [-0.15, -0.1) is 11.8 Å². The average Bonchev–Trinajstić information content (AvgIpc) is 2.80. The van der Waals surface area contributed by atoms with E-state index in [-0.39, 0.29) is 18.8 Å². The van der Waals surface area contributed by atoms with E-state index < -0.39 is 24.2 Å². The molecule has 2 N–H and O–H groups in total. The highest BCUT2D eigenvalue weighted by atomic mass is 32.2. The maximum atomic E-state index is 14.0. The van der Waals surface area contributed by atoms with Crippen molar-refractivity contribution in [2.24, 2.45) is 11.7 Å². The molecular formula is C26H26F2N2OS. The number of rotatable bonds is 7. The summed E-state index contributed by atoms with van der Waals surface area (Å²) in [5.74, 6) is -3.70. The van der Waals surface area contributed by atoms with E-state index in [0.29, 0.717) is 0 Å². The second-order valence-corrected chi connectivity index (χ2v) is 9.41. The lowest BCUT2D eigenvalue weighted by Crippen LogP contribution is -2.39. The molecule has 0 saturated heterocycles. The number of carbonyl (C=O) groups is 1. The molecule has 3 nitrogen and oxygen atoms in total. The van der Waals surface area contributed by atoms with Gasteiger partial charge in [0.2, 0.25) is 11.8 Å². The number of benzene rings is 2. The minimum Gasteiger partial charge on any atom is -0.369 e. The number of primary amides is 1. The number of alkyl halides is 2. The molecule has 1 aliphatic rings. The molecule has 0 spiro atoms. The van der Waals surface area contributed by atoms with Gasteiger partial charge in [-0.3, -0.25) is 9.78 Å². The van der Waals surface area contributed by atoms with Gasteiger partial charge in [0, 0.05) is 35.4 Å². The second-order valence-electron chi connectivity index (χ2n) is 8.25. The lowest BCUT2D eigenvalue weighted by molar-refractivity contribution is -0.130. The fourth-order valence-electron chi connectivity index (χ4n) is 4.44. The van der Waals surface area contributed by atoms with Crippen molar-refractivity contribution in [1.29, 1.82) is 0 Å². The first-order chi connectivity index (χ1) is 15.4. The molecule has 0 radical (unpaired) electrons. The number of thioether (sulfide) groups is 1. The third kappa shape index (κ3) is 5.36. The van der Waals surface area contributed by atoms with Gasteiger partial charge >= 0.3 is 0 Å². The van der Waals surface area contributed by atoms with Crippen LogP contribution in [0.1, 0.15) is 36.4 Å². The van der Waals surface area contributed by atoms with Crippen LogP contribution < -0.4 is 5.73 Å². The van der Waals surface area contributed by atoms with E-state index >= 15 is 0 Å². The van der Waals surface area contributed by atoms with Crippen LogP contribution in [0.15, 0.2) is 77.8 Å². The summed E-state index contributed by atoms with van der Waals surface area (Å²) in [7, 11) is 0. The largest absolute Gasteiger partial charge is 0.369 e. The van der Waals surface area contributed by atoms with Gasteiger partial charge < -0.3 is 5.73 Å². The van der Waals surface area contributed by atoms with Crippen LogP contribution in [0.2, 0.25) is 0 Å². The number of amides is 1. The molecule has 1 aromatic heterocycles. The Morgan fingerprint density at radius 3 is 2.53 bits per heavy atom. The van der Waals surface area contributed by atoms with Crippen LogP contribution in [0, 0.1) is 5.92 Å². The number of aryl methyl sites for hydroxylation is 1. The van der Waals surface area contributed by atoms with Crippen LogP contribution in [-0.4, -0.2) is 22.6 Å². The first-order valence-corrected chi connectivity index (χ1v) is 11.8. The molecule has 1 fully saturated rings. The van der Waals surface area contributed by atoms with Crippen LogP contribution in [-0.2, 0) is 11.2 Å². The maximum absolute atomic E-state index is 14.0. The van der Waals surface area contributed by atoms with Crippen molar-refractivity contribution in [2.45, 2.75) is 42.4 Å². The minimum absolute atomic E-state index is 0.221. The van der Waals surface area contributed by atoms with Gasteiger partial charge in [-0.2, -0.15) is 0 Å². The number of hydrogen-bond acceptors (Lipinski definition) is 3. The van der Waals surface area contributed by atoms with Crippen LogP contribution in [0.5, 0.6) is 0 Å². The molecule has 0 aliphatic heterocycles. The Morgan fingerprint density at radius 2 is 1.81 bits per heavy atom. The lowest BCUT2D eigenvalue weighted by Gasteiger charge is -2.35. The summed E-state index contributed by atoms with van der Waals surface area (Å²) in [4.78, 5) is 17.5. The third-order valence-corrected chi connectivity index (χ3v) is 7.08. The molecule has 1 amide bonds. The van der Waals surface area contributed by atoms with Crippen molar-refractivity contribution in [3.05, 3.63) is 84.2 Å². The molecule has 3 aromatic rings. The number of aromatic nitrogens is 1. The SMILES string of the molecule is NC(=O)C1CC(F)(F)CCC1c1ccccc1-c1ccc(SCCc2ccccn2)cc1. The quantitative estimate of drug-likeness (QED) is 0.442. The topological polar surface area (TPSA) is 56.0 Å². The summed E-state index contributed by atoms with van der Waals surface area (Å²) in [6.45, 7) is 0. The predicted molar refractivity (Wildman–Crippen MR) is 125 cm³/mol. The monoisotopic (exact) mass is 452 g/mol. The second kappa shape index (κ2) is 9.82. The number of nitrogens with two attached hydrogens (primary N) is 1. The first-order valence-electron chi connectivity index (χ1n) is 10.8. The molecule has 0 bridgehead atoms. The molecule has 6 heteroatoms. The molecule has 1 aliphatic carbocycles. The molecule has 4 rings (SSSR count). The van der Waals surface area contributed by atoms with Gasteiger partial charge in [0.25, 0.3) is 0 Å². The van der Waals surface area contributed by atoms with Crippen molar-refractivity contribution in [2.75, 3.05) is 5.75 Å². The molecule has 166 valence electrons. The van der Waals surface area contributed by atoms with Crippen LogP contribution in [0.4, 0.5) is 8.78 Å². The molecule has 2 aromatic carbocycles. The number of nitrogens with zero attached hydrogens (tertiary/aromatic N) is 1. The molecule has 2 atom stereocenters. The van der Waals surface area contributed by atoms with E-state index in [1.165, 1.54) is 0 Å². The highest BCUT2D eigenvalue weighted by Crippen LogP contribution is 2.47. The number of halogens is 2. The van der Waals surface area contributed by atoms with E-state index in [1.807, 2.05) is 48.7 Å². The molecule has 1 saturated carbocycles. The minimum atomic E-state index is -2.83. The Kier molecular flexibility index (Phi) is 6.89. The Labute approximate surface area is 191 Å². The Hall–Kier alpha value is -2.73. The molecule has 32 heavy (non-hydrogen) atoms. The van der Waals surface area contributed by atoms with Crippen molar-refractivity contribution in [1.82, 2.24) is 4.98 Å². The van der Waals surface area contributed by atoms with Crippen LogP contribution in [0.25, 0.3) is 11.1 Å².